The molecule has 2 heterocycles. The summed E-state index contributed by atoms with van der Waals surface area (Å²) >= 11 is 1.54. The highest BCUT2D eigenvalue weighted by atomic mass is 32.2. The smallest absolute Gasteiger partial charge is 0.226 e. The summed E-state index contributed by atoms with van der Waals surface area (Å²) < 4.78 is 7.61. The Morgan fingerprint density at radius 2 is 1.85 bits per heavy atom. The van der Waals surface area contributed by atoms with Crippen molar-refractivity contribution in [2.45, 2.75) is 31.7 Å². The Labute approximate surface area is 161 Å². The fourth-order valence-corrected chi connectivity index (χ4v) is 3.75. The maximum absolute atomic E-state index is 5.83. The van der Waals surface area contributed by atoms with Gasteiger partial charge in [-0.25, -0.2) is 4.98 Å². The van der Waals surface area contributed by atoms with E-state index in [1.807, 2.05) is 43.3 Å². The molecule has 0 atom stereocenters. The van der Waals surface area contributed by atoms with Gasteiger partial charge in [-0.15, -0.1) is 5.10 Å². The summed E-state index contributed by atoms with van der Waals surface area (Å²) in [5.41, 5.74) is 5.19. The van der Waals surface area contributed by atoms with E-state index in [-0.39, 0.29) is 0 Å². The van der Waals surface area contributed by atoms with Crippen LogP contribution < -0.4 is 0 Å². The summed E-state index contributed by atoms with van der Waals surface area (Å²) in [6.45, 7) is 6.07. The average molecular weight is 377 g/mol. The summed E-state index contributed by atoms with van der Waals surface area (Å²) in [6, 6.07) is 16.1. The molecule has 0 bridgehead atoms. The maximum atomic E-state index is 5.83. The van der Waals surface area contributed by atoms with Crippen LogP contribution in [0.25, 0.3) is 17.1 Å². The highest BCUT2D eigenvalue weighted by Gasteiger charge is 2.15. The predicted molar refractivity (Wildman–Crippen MR) is 105 cm³/mol. The van der Waals surface area contributed by atoms with Crippen LogP contribution >= 0.6 is 11.8 Å². The molecule has 0 unspecified atom stereocenters. The number of oxazole rings is 1. The molecule has 0 aliphatic carbocycles. The monoisotopic (exact) mass is 377 g/mol. The lowest BCUT2D eigenvalue weighted by Gasteiger charge is -2.07. The van der Waals surface area contributed by atoms with Crippen molar-refractivity contribution in [3.63, 3.8) is 0 Å². The zero-order valence-electron chi connectivity index (χ0n) is 15.4. The molecule has 0 aliphatic heterocycles. The van der Waals surface area contributed by atoms with Gasteiger partial charge in [-0.2, -0.15) is 4.68 Å². The Balaban J connectivity index is 1.55. The van der Waals surface area contributed by atoms with Crippen molar-refractivity contribution >= 4 is 11.8 Å². The molecule has 136 valence electrons. The molecular weight excluding hydrogens is 358 g/mol. The quantitative estimate of drug-likeness (QED) is 0.476. The first-order valence-electron chi connectivity index (χ1n) is 8.62. The van der Waals surface area contributed by atoms with Crippen LogP contribution in [0.15, 0.2) is 58.1 Å². The number of aryl methyl sites for hydroxylation is 3. The zero-order valence-corrected chi connectivity index (χ0v) is 16.2. The van der Waals surface area contributed by atoms with Crippen molar-refractivity contribution < 1.29 is 4.42 Å². The minimum absolute atomic E-state index is 0.632. The molecule has 2 aromatic heterocycles. The van der Waals surface area contributed by atoms with Gasteiger partial charge in [0.1, 0.15) is 5.76 Å². The predicted octanol–water partition coefficient (Wildman–Crippen LogP) is 4.53. The Hall–Kier alpha value is -2.93. The third-order valence-corrected chi connectivity index (χ3v) is 5.20. The minimum Gasteiger partial charge on any atom is -0.441 e. The number of thioether (sulfide) groups is 1. The minimum atomic E-state index is 0.632. The van der Waals surface area contributed by atoms with Gasteiger partial charge in [0.15, 0.2) is 0 Å². The summed E-state index contributed by atoms with van der Waals surface area (Å²) in [5.74, 6) is 2.08. The largest absolute Gasteiger partial charge is 0.441 e. The van der Waals surface area contributed by atoms with Gasteiger partial charge in [0, 0.05) is 11.3 Å². The van der Waals surface area contributed by atoms with Gasteiger partial charge in [0.2, 0.25) is 11.0 Å². The molecule has 0 N–H and O–H groups in total. The van der Waals surface area contributed by atoms with Gasteiger partial charge in [0.25, 0.3) is 0 Å². The van der Waals surface area contributed by atoms with Crippen LogP contribution in [0.3, 0.4) is 0 Å². The second kappa shape index (κ2) is 7.36. The van der Waals surface area contributed by atoms with Gasteiger partial charge < -0.3 is 4.42 Å². The second-order valence-corrected chi connectivity index (χ2v) is 7.28. The number of hydrogen-bond donors (Lipinski definition) is 0. The standard InChI is InChI=1S/C20H19N5OS/c1-13-9-10-18(14(2)11-13)25-20(22-23-24-25)27-12-17-15(3)26-19(21-17)16-7-5-4-6-8-16/h4-11H,12H2,1-3H3. The topological polar surface area (TPSA) is 69.6 Å². The Morgan fingerprint density at radius 1 is 1.04 bits per heavy atom. The van der Waals surface area contributed by atoms with Gasteiger partial charge >= 0.3 is 0 Å². The van der Waals surface area contributed by atoms with E-state index in [1.54, 1.807) is 16.4 Å². The van der Waals surface area contributed by atoms with Gasteiger partial charge in [0.05, 0.1) is 11.4 Å². The van der Waals surface area contributed by atoms with E-state index < -0.39 is 0 Å². The molecule has 4 rings (SSSR count). The molecule has 0 fully saturated rings. The van der Waals surface area contributed by atoms with Crippen LogP contribution in [0.5, 0.6) is 0 Å². The molecule has 27 heavy (non-hydrogen) atoms. The lowest BCUT2D eigenvalue weighted by atomic mass is 10.1. The third kappa shape index (κ3) is 3.64. The van der Waals surface area contributed by atoms with E-state index in [9.17, 15) is 0 Å². The molecule has 6 nitrogen and oxygen atoms in total. The van der Waals surface area contributed by atoms with Crippen molar-refractivity contribution in [3.05, 3.63) is 71.1 Å². The number of rotatable bonds is 5. The van der Waals surface area contributed by atoms with Crippen molar-refractivity contribution in [2.75, 3.05) is 0 Å². The molecule has 4 aromatic rings. The first kappa shape index (κ1) is 17.5. The molecular formula is C20H19N5OS. The summed E-state index contributed by atoms with van der Waals surface area (Å²) in [5, 5.41) is 12.9. The van der Waals surface area contributed by atoms with E-state index in [0.29, 0.717) is 11.6 Å². The SMILES string of the molecule is Cc1ccc(-n2nnnc2SCc2nc(-c3ccccc3)oc2C)c(C)c1. The van der Waals surface area contributed by atoms with Crippen LogP contribution in [-0.4, -0.2) is 25.2 Å². The number of tetrazole rings is 1. The number of hydrogen-bond acceptors (Lipinski definition) is 6. The molecule has 2 aromatic carbocycles. The average Bonchev–Trinajstić information content (AvgIpc) is 3.27. The van der Waals surface area contributed by atoms with Crippen LogP contribution in [0.4, 0.5) is 0 Å². The second-order valence-electron chi connectivity index (χ2n) is 6.34. The Kier molecular flexibility index (Phi) is 4.77. The Bertz CT molecular complexity index is 1070. The molecule has 0 radical (unpaired) electrons. The lowest BCUT2D eigenvalue weighted by molar-refractivity contribution is 0.540. The molecule has 0 saturated heterocycles. The fraction of sp³-hybridized carbons (Fsp3) is 0.200. The van der Waals surface area contributed by atoms with Crippen LogP contribution in [0, 0.1) is 20.8 Å². The van der Waals surface area contributed by atoms with Crippen molar-refractivity contribution in [1.29, 1.82) is 0 Å². The van der Waals surface area contributed by atoms with Crippen LogP contribution in [-0.2, 0) is 5.75 Å². The van der Waals surface area contributed by atoms with Crippen LogP contribution in [0.1, 0.15) is 22.6 Å². The normalized spacial score (nSPS) is 11.1. The highest BCUT2D eigenvalue weighted by Crippen LogP contribution is 2.28. The van der Waals surface area contributed by atoms with E-state index in [4.69, 9.17) is 4.42 Å². The molecule has 7 heteroatoms. The molecule has 0 spiro atoms. The van der Waals surface area contributed by atoms with Crippen molar-refractivity contribution in [3.8, 4) is 17.1 Å². The first-order chi connectivity index (χ1) is 13.1. The highest BCUT2D eigenvalue weighted by molar-refractivity contribution is 7.98. The molecule has 0 aliphatic rings. The van der Waals surface area contributed by atoms with Crippen molar-refractivity contribution in [1.82, 2.24) is 25.2 Å². The maximum Gasteiger partial charge on any atom is 0.226 e. The number of aromatic nitrogens is 5. The fourth-order valence-electron chi connectivity index (χ4n) is 2.86. The van der Waals surface area contributed by atoms with E-state index in [0.717, 1.165) is 33.4 Å². The van der Waals surface area contributed by atoms with E-state index >= 15 is 0 Å². The van der Waals surface area contributed by atoms with Crippen molar-refractivity contribution in [2.24, 2.45) is 0 Å². The van der Waals surface area contributed by atoms with E-state index in [2.05, 4.69) is 46.5 Å². The van der Waals surface area contributed by atoms with Gasteiger partial charge in [-0.05, 0) is 55.0 Å². The Morgan fingerprint density at radius 3 is 2.63 bits per heavy atom. The van der Waals surface area contributed by atoms with Gasteiger partial charge in [-0.3, -0.25) is 0 Å². The number of nitrogens with zero attached hydrogens (tertiary/aromatic N) is 5. The summed E-state index contributed by atoms with van der Waals surface area (Å²) in [7, 11) is 0. The number of benzene rings is 2. The molecule has 0 saturated carbocycles. The van der Waals surface area contributed by atoms with E-state index in [1.165, 1.54) is 5.56 Å². The van der Waals surface area contributed by atoms with Gasteiger partial charge in [-0.1, -0.05) is 47.7 Å². The zero-order chi connectivity index (χ0) is 18.8. The lowest BCUT2D eigenvalue weighted by Crippen LogP contribution is -2.02. The third-order valence-electron chi connectivity index (χ3n) is 4.27. The van der Waals surface area contributed by atoms with Crippen LogP contribution in [0.2, 0.25) is 0 Å². The summed E-state index contributed by atoms with van der Waals surface area (Å²) in [4.78, 5) is 4.65. The summed E-state index contributed by atoms with van der Waals surface area (Å²) in [6.07, 6.45) is 0. The molecule has 0 amide bonds. The first-order valence-corrected chi connectivity index (χ1v) is 9.61.